The quantitative estimate of drug-likeness (QED) is 0.435. The lowest BCUT2D eigenvalue weighted by molar-refractivity contribution is -0.107. The van der Waals surface area contributed by atoms with Crippen molar-refractivity contribution in [1.29, 1.82) is 0 Å². The minimum absolute atomic E-state index is 0.0807. The van der Waals surface area contributed by atoms with Crippen LogP contribution in [0.5, 0.6) is 0 Å². The highest BCUT2D eigenvalue weighted by atomic mass is 35.5. The number of aliphatic hydroxyl groups is 2. The molecule has 0 fully saturated rings. The predicted octanol–water partition coefficient (Wildman–Crippen LogP) is 5.33. The number of carbonyl (C=O) groups is 1. The third-order valence-corrected chi connectivity index (χ3v) is 4.96. The molecular weight excluding hydrogens is 461 g/mol. The SMILES string of the molecule is C#C.C=Cc1c(-c2ccc(Cl)c(C)c2Cl)c(CC=O)n(C)c(=O)c1C=C.CC(C)(C)O.CO. The van der Waals surface area contributed by atoms with E-state index in [9.17, 15) is 9.59 Å². The lowest BCUT2D eigenvalue weighted by atomic mass is 9.92. The molecule has 2 rings (SSSR count). The number of aliphatic hydroxyl groups excluding tert-OH is 1. The summed E-state index contributed by atoms with van der Waals surface area (Å²) in [5.41, 5.74) is 2.98. The summed E-state index contributed by atoms with van der Waals surface area (Å²) >= 11 is 12.6. The van der Waals surface area contributed by atoms with Crippen molar-refractivity contribution >= 4 is 41.6 Å². The van der Waals surface area contributed by atoms with E-state index in [1.807, 2.05) is 6.92 Å². The van der Waals surface area contributed by atoms with Gasteiger partial charge in [0.25, 0.3) is 5.56 Å². The van der Waals surface area contributed by atoms with Crippen molar-refractivity contribution in [3.05, 3.63) is 68.1 Å². The minimum atomic E-state index is -0.500. The van der Waals surface area contributed by atoms with Crippen molar-refractivity contribution in [3.63, 3.8) is 0 Å². The highest BCUT2D eigenvalue weighted by Crippen LogP contribution is 2.38. The number of benzene rings is 1. The highest BCUT2D eigenvalue weighted by Gasteiger charge is 2.21. The molecule has 7 heteroatoms. The fraction of sp³-hybridized carbons (Fsp3) is 0.308. The monoisotopic (exact) mass is 493 g/mol. The second kappa shape index (κ2) is 15.3. The first-order chi connectivity index (χ1) is 15.4. The van der Waals surface area contributed by atoms with E-state index in [-0.39, 0.29) is 12.0 Å². The van der Waals surface area contributed by atoms with Crippen LogP contribution in [0.25, 0.3) is 23.3 Å². The normalized spacial score (nSPS) is 9.70. The summed E-state index contributed by atoms with van der Waals surface area (Å²) < 4.78 is 1.45. The molecule has 0 spiro atoms. The maximum Gasteiger partial charge on any atom is 0.258 e. The van der Waals surface area contributed by atoms with Crippen LogP contribution in [0.15, 0.2) is 30.1 Å². The molecule has 1 aromatic carbocycles. The van der Waals surface area contributed by atoms with Gasteiger partial charge in [-0.1, -0.05) is 54.6 Å². The smallest absolute Gasteiger partial charge is 0.258 e. The van der Waals surface area contributed by atoms with Crippen LogP contribution in [-0.4, -0.2) is 33.8 Å². The Hall–Kier alpha value is -2.62. The van der Waals surface area contributed by atoms with Crippen molar-refractivity contribution in [3.8, 4) is 24.0 Å². The molecule has 0 aliphatic carbocycles. The molecule has 0 unspecified atom stereocenters. The molecule has 0 saturated heterocycles. The van der Waals surface area contributed by atoms with Crippen LogP contribution in [0, 0.1) is 19.8 Å². The van der Waals surface area contributed by atoms with E-state index < -0.39 is 5.60 Å². The standard InChI is InChI=1S/C19H17Cl2NO2.C4H10O.C2H2.CH4O/c1-5-12-13(6-2)19(24)22(4)16(9-10-23)17(12)14-7-8-15(20)11(3)18(14)21;1-4(2,3)5;2*1-2/h5-8,10H,1-2,9H2,3-4H3;5H,1-3H3;1-2H;2H,1H3. The summed E-state index contributed by atoms with van der Waals surface area (Å²) in [7, 11) is 2.63. The number of carbonyl (C=O) groups excluding carboxylic acids is 1. The van der Waals surface area contributed by atoms with E-state index in [1.165, 1.54) is 10.6 Å². The minimum Gasteiger partial charge on any atom is -0.400 e. The van der Waals surface area contributed by atoms with Crippen LogP contribution in [0.4, 0.5) is 0 Å². The topological polar surface area (TPSA) is 79.5 Å². The zero-order valence-corrected chi connectivity index (χ0v) is 21.6. The molecule has 0 atom stereocenters. The Kier molecular flexibility index (Phi) is 15.1. The molecule has 33 heavy (non-hydrogen) atoms. The molecule has 0 aliphatic rings. The Balaban J connectivity index is 0. The Morgan fingerprint density at radius 1 is 1.09 bits per heavy atom. The van der Waals surface area contributed by atoms with E-state index >= 15 is 0 Å². The number of aromatic nitrogens is 1. The molecule has 1 aromatic heterocycles. The summed E-state index contributed by atoms with van der Waals surface area (Å²) in [5.74, 6) is 0. The van der Waals surface area contributed by atoms with Crippen molar-refractivity contribution in [2.75, 3.05) is 7.11 Å². The molecule has 180 valence electrons. The number of hydrogen-bond donors (Lipinski definition) is 2. The molecule has 0 radical (unpaired) electrons. The van der Waals surface area contributed by atoms with E-state index in [0.717, 1.165) is 19.0 Å². The predicted molar refractivity (Wildman–Crippen MR) is 142 cm³/mol. The van der Waals surface area contributed by atoms with Gasteiger partial charge in [0, 0.05) is 48.0 Å². The maximum absolute atomic E-state index is 12.5. The Morgan fingerprint density at radius 3 is 1.94 bits per heavy atom. The van der Waals surface area contributed by atoms with Gasteiger partial charge in [0.2, 0.25) is 0 Å². The molecule has 0 bridgehead atoms. The molecule has 0 amide bonds. The third kappa shape index (κ3) is 9.03. The van der Waals surface area contributed by atoms with Gasteiger partial charge in [0.1, 0.15) is 6.29 Å². The molecule has 0 aliphatic heterocycles. The van der Waals surface area contributed by atoms with E-state index in [1.54, 1.807) is 46.0 Å². The van der Waals surface area contributed by atoms with Gasteiger partial charge in [-0.05, 0) is 44.9 Å². The molecular formula is C26H33Cl2NO4. The van der Waals surface area contributed by atoms with Gasteiger partial charge in [-0.3, -0.25) is 4.79 Å². The van der Waals surface area contributed by atoms with Gasteiger partial charge in [-0.2, -0.15) is 0 Å². The summed E-state index contributed by atoms with van der Waals surface area (Å²) in [4.78, 5) is 23.7. The van der Waals surface area contributed by atoms with Crippen LogP contribution < -0.4 is 5.56 Å². The average Bonchev–Trinajstić information content (AvgIpc) is 2.77. The van der Waals surface area contributed by atoms with Crippen LogP contribution in [0.1, 0.15) is 43.2 Å². The number of halogens is 2. The van der Waals surface area contributed by atoms with Gasteiger partial charge in [0.15, 0.2) is 0 Å². The van der Waals surface area contributed by atoms with Crippen LogP contribution in [-0.2, 0) is 18.3 Å². The van der Waals surface area contributed by atoms with Gasteiger partial charge in [-0.15, -0.1) is 12.8 Å². The Labute approximate surface area is 207 Å². The van der Waals surface area contributed by atoms with Crippen LogP contribution in [0.2, 0.25) is 10.0 Å². The first-order valence-corrected chi connectivity index (χ1v) is 10.5. The number of aldehydes is 1. The van der Waals surface area contributed by atoms with E-state index in [4.69, 9.17) is 33.4 Å². The van der Waals surface area contributed by atoms with Crippen LogP contribution >= 0.6 is 23.2 Å². The number of pyridine rings is 1. The second-order valence-electron chi connectivity index (χ2n) is 7.50. The molecule has 2 aromatic rings. The Morgan fingerprint density at radius 2 is 1.55 bits per heavy atom. The molecule has 5 nitrogen and oxygen atoms in total. The number of nitrogens with zero attached hydrogens (tertiary/aromatic N) is 1. The van der Waals surface area contributed by atoms with Gasteiger partial charge in [-0.25, -0.2) is 0 Å². The number of rotatable bonds is 5. The lowest BCUT2D eigenvalue weighted by Gasteiger charge is -2.20. The zero-order chi connectivity index (χ0) is 26.5. The lowest BCUT2D eigenvalue weighted by Crippen LogP contribution is -2.25. The van der Waals surface area contributed by atoms with E-state index in [0.29, 0.717) is 38.0 Å². The molecule has 0 saturated carbocycles. The fourth-order valence-corrected chi connectivity index (χ4v) is 3.22. The Bertz CT molecular complexity index is 1040. The summed E-state index contributed by atoms with van der Waals surface area (Å²) in [6.45, 7) is 14.6. The van der Waals surface area contributed by atoms with Crippen molar-refractivity contribution in [1.82, 2.24) is 4.57 Å². The van der Waals surface area contributed by atoms with Gasteiger partial charge in [0.05, 0.1) is 10.6 Å². The van der Waals surface area contributed by atoms with Gasteiger partial charge >= 0.3 is 0 Å². The van der Waals surface area contributed by atoms with Crippen molar-refractivity contribution in [2.45, 2.75) is 39.7 Å². The third-order valence-electron chi connectivity index (χ3n) is 4.06. The highest BCUT2D eigenvalue weighted by molar-refractivity contribution is 6.37. The first-order valence-electron chi connectivity index (χ1n) is 9.78. The average molecular weight is 494 g/mol. The van der Waals surface area contributed by atoms with Crippen LogP contribution in [0.3, 0.4) is 0 Å². The summed E-state index contributed by atoms with van der Waals surface area (Å²) in [6, 6.07) is 3.53. The molecule has 2 N–H and O–H groups in total. The maximum atomic E-state index is 12.5. The number of terminal acetylenes is 1. The second-order valence-corrected chi connectivity index (χ2v) is 8.28. The summed E-state index contributed by atoms with van der Waals surface area (Å²) in [6.07, 6.45) is 11.9. The first kappa shape index (κ1) is 32.6. The fourth-order valence-electron chi connectivity index (χ4n) is 2.76. The van der Waals surface area contributed by atoms with E-state index in [2.05, 4.69) is 26.0 Å². The summed E-state index contributed by atoms with van der Waals surface area (Å²) in [5, 5.41) is 16.5. The zero-order valence-electron chi connectivity index (χ0n) is 20.1. The van der Waals surface area contributed by atoms with Crippen molar-refractivity contribution in [2.24, 2.45) is 7.05 Å². The van der Waals surface area contributed by atoms with Gasteiger partial charge < -0.3 is 19.6 Å². The number of hydrogen-bond acceptors (Lipinski definition) is 4. The largest absolute Gasteiger partial charge is 0.400 e. The van der Waals surface area contributed by atoms with Crippen molar-refractivity contribution < 1.29 is 15.0 Å². The molecule has 1 heterocycles.